The third-order valence-corrected chi connectivity index (χ3v) is 7.98. The van der Waals surface area contributed by atoms with E-state index in [-0.39, 0.29) is 23.3 Å². The van der Waals surface area contributed by atoms with E-state index in [9.17, 15) is 18.0 Å². The van der Waals surface area contributed by atoms with Crippen LogP contribution in [0.2, 0.25) is 0 Å². The van der Waals surface area contributed by atoms with E-state index in [2.05, 4.69) is 17.6 Å². The van der Waals surface area contributed by atoms with Gasteiger partial charge in [0.15, 0.2) is 6.10 Å². The van der Waals surface area contributed by atoms with Crippen molar-refractivity contribution < 1.29 is 22.7 Å². The van der Waals surface area contributed by atoms with Crippen LogP contribution in [0.3, 0.4) is 0 Å². The monoisotopic (exact) mass is 457 g/mol. The van der Waals surface area contributed by atoms with Gasteiger partial charge in [0, 0.05) is 18.3 Å². The Kier molecular flexibility index (Phi) is 5.96. The van der Waals surface area contributed by atoms with Crippen LogP contribution in [0.4, 0.5) is 11.4 Å². The van der Waals surface area contributed by atoms with Gasteiger partial charge in [-0.3, -0.25) is 9.59 Å². The first-order valence-corrected chi connectivity index (χ1v) is 12.2. The zero-order chi connectivity index (χ0) is 23.0. The molecule has 2 aromatic carbocycles. The van der Waals surface area contributed by atoms with Crippen molar-refractivity contribution in [2.75, 3.05) is 17.2 Å². The smallest absolute Gasteiger partial charge is 0.265 e. The number of carbonyl (C=O) groups excluding carboxylic acids is 2. The lowest BCUT2D eigenvalue weighted by molar-refractivity contribution is -0.122. The lowest BCUT2D eigenvalue weighted by atomic mass is 10.1. The van der Waals surface area contributed by atoms with Gasteiger partial charge in [-0.15, -0.1) is 0 Å². The summed E-state index contributed by atoms with van der Waals surface area (Å²) in [5.74, 6) is -0.323. The first kappa shape index (κ1) is 22.3. The number of amides is 2. The van der Waals surface area contributed by atoms with Gasteiger partial charge in [0.2, 0.25) is 15.9 Å². The van der Waals surface area contributed by atoms with Crippen molar-refractivity contribution in [3.05, 3.63) is 47.5 Å². The molecular weight excluding hydrogens is 430 g/mol. The number of benzene rings is 2. The third-order valence-electron chi connectivity index (χ3n) is 5.93. The van der Waals surface area contributed by atoms with E-state index in [0.29, 0.717) is 35.5 Å². The first-order chi connectivity index (χ1) is 15.2. The molecule has 32 heavy (non-hydrogen) atoms. The Labute approximate surface area is 188 Å². The lowest BCUT2D eigenvalue weighted by Crippen LogP contribution is -2.43. The predicted molar refractivity (Wildman–Crippen MR) is 121 cm³/mol. The van der Waals surface area contributed by atoms with E-state index >= 15 is 0 Å². The number of nitrogens with one attached hydrogen (secondary N) is 2. The summed E-state index contributed by atoms with van der Waals surface area (Å²) in [6.07, 6.45) is 1.23. The maximum absolute atomic E-state index is 13.5. The maximum atomic E-state index is 13.5. The molecule has 0 radical (unpaired) electrons. The van der Waals surface area contributed by atoms with Gasteiger partial charge in [0.05, 0.1) is 10.6 Å². The van der Waals surface area contributed by atoms with E-state index in [1.807, 2.05) is 24.3 Å². The number of aryl methyl sites for hydroxylation is 2. The first-order valence-electron chi connectivity index (χ1n) is 10.7. The highest BCUT2D eigenvalue weighted by Crippen LogP contribution is 2.37. The number of sulfonamides is 1. The summed E-state index contributed by atoms with van der Waals surface area (Å²) in [5.41, 5.74) is 2.71. The standard InChI is InChI=1S/C23H27N3O5S/c1-4-16-7-9-17(10-8-16)24-23(28)19-6-5-11-26(19)32(29,30)21-13-20-18(12-14(21)2)25-22(27)15(3)31-20/h7-10,12-13,15,19H,4-6,11H2,1-3H3,(H,24,28)(H,25,27)/t15-,19-/m0/s1. The molecule has 1 saturated heterocycles. The van der Waals surface area contributed by atoms with E-state index in [0.717, 1.165) is 12.0 Å². The van der Waals surface area contributed by atoms with Gasteiger partial charge in [0.1, 0.15) is 11.8 Å². The van der Waals surface area contributed by atoms with Crippen LogP contribution in [-0.4, -0.2) is 43.2 Å². The van der Waals surface area contributed by atoms with Crippen LogP contribution < -0.4 is 15.4 Å². The molecule has 2 N–H and O–H groups in total. The number of nitrogens with zero attached hydrogens (tertiary/aromatic N) is 1. The summed E-state index contributed by atoms with van der Waals surface area (Å²) < 4.78 is 33.9. The van der Waals surface area contributed by atoms with E-state index in [1.165, 1.54) is 10.4 Å². The van der Waals surface area contributed by atoms with Crippen LogP contribution >= 0.6 is 0 Å². The molecule has 2 heterocycles. The van der Waals surface area contributed by atoms with Gasteiger partial charge < -0.3 is 15.4 Å². The zero-order valence-corrected chi connectivity index (χ0v) is 19.2. The number of anilines is 2. The van der Waals surface area contributed by atoms with Crippen molar-refractivity contribution in [3.63, 3.8) is 0 Å². The molecule has 2 amide bonds. The minimum Gasteiger partial charge on any atom is -0.479 e. The Morgan fingerprint density at radius 1 is 1.25 bits per heavy atom. The quantitative estimate of drug-likeness (QED) is 0.718. The summed E-state index contributed by atoms with van der Waals surface area (Å²) >= 11 is 0. The molecule has 4 rings (SSSR count). The SMILES string of the molecule is CCc1ccc(NC(=O)[C@@H]2CCCN2S(=O)(=O)c2cc3c(cc2C)NC(=O)[C@H](C)O3)cc1. The topological polar surface area (TPSA) is 105 Å². The van der Waals surface area contributed by atoms with Crippen molar-refractivity contribution in [2.24, 2.45) is 0 Å². The highest BCUT2D eigenvalue weighted by atomic mass is 32.2. The van der Waals surface area contributed by atoms with Crippen molar-refractivity contribution in [2.45, 2.75) is 57.1 Å². The number of carbonyl (C=O) groups is 2. The van der Waals surface area contributed by atoms with E-state index in [4.69, 9.17) is 4.74 Å². The molecule has 0 aromatic heterocycles. The second-order valence-electron chi connectivity index (χ2n) is 8.18. The molecule has 1 fully saturated rings. The zero-order valence-electron chi connectivity index (χ0n) is 18.3. The normalized spacial score (nSPS) is 20.9. The fourth-order valence-corrected chi connectivity index (χ4v) is 5.97. The van der Waals surface area contributed by atoms with Gasteiger partial charge in [0.25, 0.3) is 5.91 Å². The Morgan fingerprint density at radius 3 is 2.66 bits per heavy atom. The molecule has 8 nitrogen and oxygen atoms in total. The van der Waals surface area contributed by atoms with Crippen molar-refractivity contribution in [1.29, 1.82) is 0 Å². The van der Waals surface area contributed by atoms with E-state index < -0.39 is 22.2 Å². The van der Waals surface area contributed by atoms with Crippen LogP contribution in [-0.2, 0) is 26.0 Å². The Hall–Kier alpha value is -2.91. The van der Waals surface area contributed by atoms with Crippen LogP contribution in [0.25, 0.3) is 0 Å². The van der Waals surface area contributed by atoms with Gasteiger partial charge in [-0.1, -0.05) is 19.1 Å². The molecule has 2 aliphatic heterocycles. The number of hydrogen-bond donors (Lipinski definition) is 2. The Morgan fingerprint density at radius 2 is 1.97 bits per heavy atom. The van der Waals surface area contributed by atoms with Gasteiger partial charge >= 0.3 is 0 Å². The van der Waals surface area contributed by atoms with E-state index in [1.54, 1.807) is 19.9 Å². The van der Waals surface area contributed by atoms with Gasteiger partial charge in [-0.05, 0) is 62.4 Å². The minimum absolute atomic E-state index is 0.0756. The van der Waals surface area contributed by atoms with Gasteiger partial charge in [-0.25, -0.2) is 8.42 Å². The van der Waals surface area contributed by atoms with Crippen LogP contribution in [0.5, 0.6) is 5.75 Å². The highest BCUT2D eigenvalue weighted by molar-refractivity contribution is 7.89. The average Bonchev–Trinajstić information content (AvgIpc) is 3.26. The molecule has 0 saturated carbocycles. The summed E-state index contributed by atoms with van der Waals surface area (Å²) in [4.78, 5) is 24.9. The molecule has 0 aliphatic carbocycles. The Bertz CT molecular complexity index is 1160. The molecular formula is C23H27N3O5S. The summed E-state index contributed by atoms with van der Waals surface area (Å²) in [5, 5.41) is 5.57. The Balaban J connectivity index is 1.59. The fourth-order valence-electron chi connectivity index (χ4n) is 4.09. The predicted octanol–water partition coefficient (Wildman–Crippen LogP) is 3.07. The molecule has 2 atom stereocenters. The summed E-state index contributed by atoms with van der Waals surface area (Å²) in [6, 6.07) is 9.76. The minimum atomic E-state index is -3.95. The molecule has 0 bridgehead atoms. The fraction of sp³-hybridized carbons (Fsp3) is 0.391. The second kappa shape index (κ2) is 8.55. The maximum Gasteiger partial charge on any atom is 0.265 e. The van der Waals surface area contributed by atoms with Crippen molar-refractivity contribution >= 4 is 33.2 Å². The molecule has 9 heteroatoms. The summed E-state index contributed by atoms with van der Waals surface area (Å²) in [6.45, 7) is 5.58. The summed E-state index contributed by atoms with van der Waals surface area (Å²) in [7, 11) is -3.95. The molecule has 0 spiro atoms. The number of ether oxygens (including phenoxy) is 1. The number of rotatable bonds is 5. The van der Waals surface area contributed by atoms with Crippen LogP contribution in [0, 0.1) is 6.92 Å². The molecule has 2 aromatic rings. The van der Waals surface area contributed by atoms with Crippen LogP contribution in [0.15, 0.2) is 41.3 Å². The number of fused-ring (bicyclic) bond motifs is 1. The van der Waals surface area contributed by atoms with Crippen molar-refractivity contribution in [1.82, 2.24) is 4.31 Å². The highest BCUT2D eigenvalue weighted by Gasteiger charge is 2.40. The lowest BCUT2D eigenvalue weighted by Gasteiger charge is -2.27. The molecule has 2 aliphatic rings. The molecule has 170 valence electrons. The molecule has 0 unspecified atom stereocenters. The van der Waals surface area contributed by atoms with Crippen molar-refractivity contribution in [3.8, 4) is 5.75 Å². The number of hydrogen-bond acceptors (Lipinski definition) is 5. The van der Waals surface area contributed by atoms with Gasteiger partial charge in [-0.2, -0.15) is 4.31 Å². The third kappa shape index (κ3) is 4.10. The second-order valence-corrected chi connectivity index (χ2v) is 10.0. The largest absolute Gasteiger partial charge is 0.479 e. The average molecular weight is 458 g/mol. The van der Waals surface area contributed by atoms with Crippen LogP contribution in [0.1, 0.15) is 37.8 Å².